The number of methoxy groups -OCH3 is 1. The van der Waals surface area contributed by atoms with E-state index in [-0.39, 0.29) is 5.76 Å². The summed E-state index contributed by atoms with van der Waals surface area (Å²) in [4.78, 5) is 35.9. The number of hydrogen-bond acceptors (Lipinski definition) is 6. The second-order valence-corrected chi connectivity index (χ2v) is 6.40. The molecule has 3 aromatic rings. The molecule has 2 aromatic carbocycles. The van der Waals surface area contributed by atoms with Crippen LogP contribution in [-0.4, -0.2) is 31.0 Å². The van der Waals surface area contributed by atoms with Crippen molar-refractivity contribution >= 4 is 34.4 Å². The highest BCUT2D eigenvalue weighted by molar-refractivity contribution is 6.00. The molecule has 1 aromatic heterocycles. The molecule has 2 amide bonds. The smallest absolute Gasteiger partial charge is 0.375 e. The van der Waals surface area contributed by atoms with Crippen molar-refractivity contribution in [2.45, 2.75) is 20.0 Å². The van der Waals surface area contributed by atoms with Gasteiger partial charge in [-0.15, -0.1) is 0 Å². The van der Waals surface area contributed by atoms with Crippen molar-refractivity contribution in [3.63, 3.8) is 0 Å². The molecule has 29 heavy (non-hydrogen) atoms. The minimum Gasteiger partial charge on any atom is -0.497 e. The molecule has 0 saturated carbocycles. The molecule has 0 spiro atoms. The average molecular weight is 396 g/mol. The first-order valence-electron chi connectivity index (χ1n) is 8.79. The normalized spacial score (nSPS) is 11.7. The van der Waals surface area contributed by atoms with Crippen molar-refractivity contribution in [2.24, 2.45) is 5.73 Å². The van der Waals surface area contributed by atoms with Crippen molar-refractivity contribution < 1.29 is 28.3 Å². The Balaban J connectivity index is 1.69. The summed E-state index contributed by atoms with van der Waals surface area (Å²) in [5.74, 6) is -1.18. The number of aryl methyl sites for hydroxylation is 1. The first-order chi connectivity index (χ1) is 13.8. The molecule has 1 atom stereocenters. The van der Waals surface area contributed by atoms with Crippen LogP contribution >= 0.6 is 0 Å². The first-order valence-corrected chi connectivity index (χ1v) is 8.79. The van der Waals surface area contributed by atoms with E-state index in [9.17, 15) is 14.4 Å². The van der Waals surface area contributed by atoms with Crippen LogP contribution in [0.1, 0.15) is 33.4 Å². The van der Waals surface area contributed by atoms with Crippen LogP contribution in [0.4, 0.5) is 5.69 Å². The lowest BCUT2D eigenvalue weighted by atomic mass is 10.1. The van der Waals surface area contributed by atoms with Gasteiger partial charge in [0, 0.05) is 22.2 Å². The van der Waals surface area contributed by atoms with Crippen LogP contribution in [0.3, 0.4) is 0 Å². The monoisotopic (exact) mass is 396 g/mol. The highest BCUT2D eigenvalue weighted by Gasteiger charge is 2.24. The number of furan rings is 1. The Labute approximate surface area is 166 Å². The van der Waals surface area contributed by atoms with Gasteiger partial charge in [-0.25, -0.2) is 4.79 Å². The van der Waals surface area contributed by atoms with E-state index in [0.29, 0.717) is 28.1 Å². The lowest BCUT2D eigenvalue weighted by molar-refractivity contribution is -0.123. The third-order valence-corrected chi connectivity index (χ3v) is 4.42. The summed E-state index contributed by atoms with van der Waals surface area (Å²) in [7, 11) is 1.55. The van der Waals surface area contributed by atoms with E-state index in [0.717, 1.165) is 5.39 Å². The second kappa shape index (κ2) is 8.05. The highest BCUT2D eigenvalue weighted by Crippen LogP contribution is 2.29. The Kier molecular flexibility index (Phi) is 5.54. The zero-order valence-electron chi connectivity index (χ0n) is 16.1. The lowest BCUT2D eigenvalue weighted by Gasteiger charge is -2.13. The van der Waals surface area contributed by atoms with E-state index in [4.69, 9.17) is 19.6 Å². The SMILES string of the molecule is COc1ccc2oc(C(=O)O[C@@H](C)C(=O)Nc3ccc(C(N)=O)cc3)c(C)c2c1. The number of rotatable bonds is 6. The van der Waals surface area contributed by atoms with Crippen LogP contribution in [0.25, 0.3) is 11.0 Å². The van der Waals surface area contributed by atoms with Gasteiger partial charge in [-0.2, -0.15) is 0 Å². The van der Waals surface area contributed by atoms with E-state index in [1.165, 1.54) is 31.2 Å². The number of esters is 1. The van der Waals surface area contributed by atoms with Crippen molar-refractivity contribution in [3.8, 4) is 5.75 Å². The first kappa shape index (κ1) is 19.9. The van der Waals surface area contributed by atoms with Crippen LogP contribution in [0.15, 0.2) is 46.9 Å². The maximum Gasteiger partial charge on any atom is 0.375 e. The van der Waals surface area contributed by atoms with E-state index < -0.39 is 23.9 Å². The van der Waals surface area contributed by atoms with Gasteiger partial charge in [-0.05, 0) is 56.3 Å². The van der Waals surface area contributed by atoms with Crippen LogP contribution in [0.5, 0.6) is 5.75 Å². The lowest BCUT2D eigenvalue weighted by Crippen LogP contribution is -2.30. The van der Waals surface area contributed by atoms with Crippen molar-refractivity contribution in [1.82, 2.24) is 0 Å². The predicted octanol–water partition coefficient (Wildman–Crippen LogP) is 3.03. The molecule has 8 nitrogen and oxygen atoms in total. The van der Waals surface area contributed by atoms with E-state index in [1.807, 2.05) is 0 Å². The van der Waals surface area contributed by atoms with Crippen LogP contribution < -0.4 is 15.8 Å². The van der Waals surface area contributed by atoms with E-state index in [1.54, 1.807) is 32.2 Å². The number of ether oxygens (including phenoxy) is 2. The molecular formula is C21H20N2O6. The molecular weight excluding hydrogens is 376 g/mol. The van der Waals surface area contributed by atoms with Gasteiger partial charge >= 0.3 is 5.97 Å². The van der Waals surface area contributed by atoms with E-state index in [2.05, 4.69) is 5.32 Å². The molecule has 0 radical (unpaired) electrons. The number of anilines is 1. The van der Waals surface area contributed by atoms with Crippen LogP contribution in [-0.2, 0) is 9.53 Å². The summed E-state index contributed by atoms with van der Waals surface area (Å²) in [5.41, 5.74) is 7.05. The largest absolute Gasteiger partial charge is 0.497 e. The fraction of sp³-hybridized carbons (Fsp3) is 0.190. The summed E-state index contributed by atoms with van der Waals surface area (Å²) in [6.45, 7) is 3.18. The van der Waals surface area contributed by atoms with Crippen molar-refractivity contribution in [1.29, 1.82) is 0 Å². The molecule has 8 heteroatoms. The molecule has 0 fully saturated rings. The number of nitrogens with two attached hydrogens (primary N) is 1. The van der Waals surface area contributed by atoms with Gasteiger partial charge < -0.3 is 24.9 Å². The number of hydrogen-bond donors (Lipinski definition) is 2. The van der Waals surface area contributed by atoms with Gasteiger partial charge in [0.15, 0.2) is 6.10 Å². The predicted molar refractivity (Wildman–Crippen MR) is 106 cm³/mol. The Morgan fingerprint density at radius 3 is 2.41 bits per heavy atom. The molecule has 3 N–H and O–H groups in total. The third kappa shape index (κ3) is 4.21. The average Bonchev–Trinajstić information content (AvgIpc) is 3.04. The molecule has 0 unspecified atom stereocenters. The van der Waals surface area contributed by atoms with Gasteiger partial charge in [0.05, 0.1) is 7.11 Å². The number of carbonyl (C=O) groups is 3. The van der Waals surface area contributed by atoms with Gasteiger partial charge in [-0.3, -0.25) is 9.59 Å². The summed E-state index contributed by atoms with van der Waals surface area (Å²) >= 11 is 0. The Bertz CT molecular complexity index is 1080. The maximum atomic E-state index is 12.5. The topological polar surface area (TPSA) is 121 Å². The molecule has 0 aliphatic rings. The summed E-state index contributed by atoms with van der Waals surface area (Å²) in [5, 5.41) is 3.33. The quantitative estimate of drug-likeness (QED) is 0.618. The zero-order chi connectivity index (χ0) is 21.1. The fourth-order valence-electron chi connectivity index (χ4n) is 2.75. The second-order valence-electron chi connectivity index (χ2n) is 6.40. The number of carbonyl (C=O) groups excluding carboxylic acids is 3. The van der Waals surface area contributed by atoms with Crippen LogP contribution in [0.2, 0.25) is 0 Å². The Hall–Kier alpha value is -3.81. The zero-order valence-corrected chi connectivity index (χ0v) is 16.1. The number of benzene rings is 2. The van der Waals surface area contributed by atoms with Gasteiger partial charge in [-0.1, -0.05) is 0 Å². The highest BCUT2D eigenvalue weighted by atomic mass is 16.6. The summed E-state index contributed by atoms with van der Waals surface area (Å²) in [6, 6.07) is 11.2. The molecule has 150 valence electrons. The molecule has 0 aliphatic heterocycles. The van der Waals surface area contributed by atoms with Crippen molar-refractivity contribution in [3.05, 3.63) is 59.4 Å². The summed E-state index contributed by atoms with van der Waals surface area (Å²) in [6.07, 6.45) is -1.07. The minimum absolute atomic E-state index is 0.0266. The number of amides is 2. The molecule has 3 rings (SSSR count). The van der Waals surface area contributed by atoms with Gasteiger partial charge in [0.2, 0.25) is 11.7 Å². The van der Waals surface area contributed by atoms with E-state index >= 15 is 0 Å². The molecule has 0 bridgehead atoms. The van der Waals surface area contributed by atoms with Crippen LogP contribution in [0, 0.1) is 6.92 Å². The van der Waals surface area contributed by atoms with Gasteiger partial charge in [0.25, 0.3) is 5.91 Å². The molecule has 1 heterocycles. The molecule has 0 saturated heterocycles. The Morgan fingerprint density at radius 2 is 1.79 bits per heavy atom. The minimum atomic E-state index is -1.07. The number of fused-ring (bicyclic) bond motifs is 1. The fourth-order valence-corrected chi connectivity index (χ4v) is 2.75. The Morgan fingerprint density at radius 1 is 1.10 bits per heavy atom. The number of primary amides is 1. The van der Waals surface area contributed by atoms with Gasteiger partial charge in [0.1, 0.15) is 11.3 Å². The molecule has 0 aliphatic carbocycles. The third-order valence-electron chi connectivity index (χ3n) is 4.42. The maximum absolute atomic E-state index is 12.5. The standard InChI is InChI=1S/C21H20N2O6/c1-11-16-10-15(27-3)8-9-17(16)29-18(11)21(26)28-12(2)20(25)23-14-6-4-13(5-7-14)19(22)24/h4-10,12H,1-3H3,(H2,22,24)(H,23,25)/t12-/m0/s1. The summed E-state index contributed by atoms with van der Waals surface area (Å²) < 4.78 is 16.0. The number of nitrogens with one attached hydrogen (secondary N) is 1. The van der Waals surface area contributed by atoms with Crippen molar-refractivity contribution in [2.75, 3.05) is 12.4 Å².